The summed E-state index contributed by atoms with van der Waals surface area (Å²) in [6.07, 6.45) is 4.03. The minimum Gasteiger partial charge on any atom is -0.497 e. The number of hydrogen-bond acceptors (Lipinski definition) is 3. The predicted octanol–water partition coefficient (Wildman–Crippen LogP) is 3.99. The van der Waals surface area contributed by atoms with Gasteiger partial charge in [-0.05, 0) is 48.1 Å². The molecule has 2 aromatic carbocycles. The fourth-order valence-electron chi connectivity index (χ4n) is 3.27. The lowest BCUT2D eigenvalue weighted by Crippen LogP contribution is -2.32. The molecule has 0 unspecified atom stereocenters. The van der Waals surface area contributed by atoms with Crippen LogP contribution >= 0.6 is 0 Å². The minimum absolute atomic E-state index is 0.00131. The van der Waals surface area contributed by atoms with Crippen LogP contribution in [0, 0.1) is 0 Å². The van der Waals surface area contributed by atoms with Crippen molar-refractivity contribution in [2.45, 2.75) is 25.4 Å². The van der Waals surface area contributed by atoms with E-state index in [1.165, 1.54) is 5.39 Å². The van der Waals surface area contributed by atoms with Gasteiger partial charge in [-0.3, -0.25) is 4.79 Å². The Bertz CT molecular complexity index is 943. The highest BCUT2D eigenvalue weighted by atomic mass is 16.5. The molecule has 1 aliphatic carbocycles. The van der Waals surface area contributed by atoms with Crippen molar-refractivity contribution < 1.29 is 14.3 Å². The first-order valence-electron chi connectivity index (χ1n) is 8.78. The van der Waals surface area contributed by atoms with Crippen molar-refractivity contribution in [3.05, 3.63) is 59.8 Å². The van der Waals surface area contributed by atoms with Gasteiger partial charge in [-0.2, -0.15) is 0 Å². The van der Waals surface area contributed by atoms with Crippen LogP contribution in [0.3, 0.4) is 0 Å². The second-order valence-electron chi connectivity index (χ2n) is 6.63. The number of nitrogens with one attached hydrogen (secondary N) is 1. The molecule has 134 valence electrons. The molecule has 1 amide bonds. The zero-order chi connectivity index (χ0) is 18.1. The van der Waals surface area contributed by atoms with Gasteiger partial charge < -0.3 is 19.4 Å². The van der Waals surface area contributed by atoms with E-state index < -0.39 is 0 Å². The zero-order valence-corrected chi connectivity index (χ0v) is 15.0. The Morgan fingerprint density at radius 3 is 2.69 bits per heavy atom. The Balaban J connectivity index is 1.63. The number of rotatable bonds is 6. The lowest BCUT2D eigenvalue weighted by molar-refractivity contribution is 0.0726. The maximum Gasteiger partial charge on any atom is 0.258 e. The fourth-order valence-corrected chi connectivity index (χ4v) is 3.27. The van der Waals surface area contributed by atoms with Crippen LogP contribution in [0.4, 0.5) is 0 Å². The molecular formula is C21H22N2O3. The maximum atomic E-state index is 13.2. The maximum absolute atomic E-state index is 13.2. The molecule has 1 aromatic heterocycles. The van der Waals surface area contributed by atoms with Gasteiger partial charge in [0.2, 0.25) is 0 Å². The first-order chi connectivity index (χ1) is 12.7. The smallest absolute Gasteiger partial charge is 0.258 e. The highest BCUT2D eigenvalue weighted by molar-refractivity contribution is 5.97. The Hall–Kier alpha value is -2.95. The summed E-state index contributed by atoms with van der Waals surface area (Å²) in [4.78, 5) is 18.4. The lowest BCUT2D eigenvalue weighted by atomic mass is 10.1. The second kappa shape index (κ2) is 6.75. The normalized spacial score (nSPS) is 13.6. The summed E-state index contributed by atoms with van der Waals surface area (Å²) < 4.78 is 10.7. The molecule has 3 aromatic rings. The van der Waals surface area contributed by atoms with Crippen molar-refractivity contribution >= 4 is 16.8 Å². The van der Waals surface area contributed by atoms with Crippen molar-refractivity contribution in [3.63, 3.8) is 0 Å². The van der Waals surface area contributed by atoms with E-state index in [0.717, 1.165) is 23.9 Å². The summed E-state index contributed by atoms with van der Waals surface area (Å²) in [6, 6.07) is 14.0. The van der Waals surface area contributed by atoms with E-state index in [9.17, 15) is 4.79 Å². The van der Waals surface area contributed by atoms with Gasteiger partial charge in [0.05, 0.1) is 19.8 Å². The molecule has 1 fully saturated rings. The van der Waals surface area contributed by atoms with Crippen LogP contribution in [0.1, 0.15) is 28.8 Å². The van der Waals surface area contributed by atoms with E-state index in [0.29, 0.717) is 29.6 Å². The van der Waals surface area contributed by atoms with Crippen molar-refractivity contribution in [2.75, 3.05) is 14.2 Å². The first kappa shape index (κ1) is 16.5. The molecule has 0 saturated heterocycles. The fraction of sp³-hybridized carbons (Fsp3) is 0.286. The van der Waals surface area contributed by atoms with Crippen LogP contribution in [0.5, 0.6) is 11.5 Å². The Morgan fingerprint density at radius 1 is 1.12 bits per heavy atom. The van der Waals surface area contributed by atoms with Crippen LogP contribution in [0.25, 0.3) is 10.9 Å². The van der Waals surface area contributed by atoms with Crippen LogP contribution in [0.2, 0.25) is 0 Å². The van der Waals surface area contributed by atoms with Gasteiger partial charge in [-0.1, -0.05) is 12.1 Å². The summed E-state index contributed by atoms with van der Waals surface area (Å²) in [6.45, 7) is 0.591. The molecule has 1 saturated carbocycles. The summed E-state index contributed by atoms with van der Waals surface area (Å²) in [5, 5.41) is 1.18. The largest absolute Gasteiger partial charge is 0.497 e. The highest BCUT2D eigenvalue weighted by Crippen LogP contribution is 2.33. The molecule has 4 rings (SSSR count). The van der Waals surface area contributed by atoms with E-state index in [1.54, 1.807) is 32.4 Å². The lowest BCUT2D eigenvalue weighted by Gasteiger charge is -2.24. The molecule has 0 bridgehead atoms. The second-order valence-corrected chi connectivity index (χ2v) is 6.63. The quantitative estimate of drug-likeness (QED) is 0.731. The summed E-state index contributed by atoms with van der Waals surface area (Å²) in [5.74, 6) is 1.21. The summed E-state index contributed by atoms with van der Waals surface area (Å²) in [7, 11) is 3.18. The number of aromatic amines is 1. The minimum atomic E-state index is -0.00131. The van der Waals surface area contributed by atoms with E-state index in [4.69, 9.17) is 9.47 Å². The van der Waals surface area contributed by atoms with E-state index in [2.05, 4.69) is 23.2 Å². The van der Waals surface area contributed by atoms with Gasteiger partial charge in [0.15, 0.2) is 0 Å². The monoisotopic (exact) mass is 350 g/mol. The number of ether oxygens (including phenoxy) is 2. The number of nitrogens with zero attached hydrogens (tertiary/aromatic N) is 1. The average molecular weight is 350 g/mol. The number of methoxy groups -OCH3 is 2. The molecule has 26 heavy (non-hydrogen) atoms. The van der Waals surface area contributed by atoms with E-state index in [-0.39, 0.29) is 5.91 Å². The van der Waals surface area contributed by atoms with Crippen LogP contribution < -0.4 is 9.47 Å². The summed E-state index contributed by atoms with van der Waals surface area (Å²) >= 11 is 0. The number of carbonyl (C=O) groups is 1. The Morgan fingerprint density at radius 2 is 1.96 bits per heavy atom. The third-order valence-corrected chi connectivity index (χ3v) is 4.86. The third kappa shape index (κ3) is 3.12. The van der Waals surface area contributed by atoms with Gasteiger partial charge in [0.1, 0.15) is 11.5 Å². The van der Waals surface area contributed by atoms with Crippen LogP contribution in [0.15, 0.2) is 48.7 Å². The number of amides is 1. The van der Waals surface area contributed by atoms with Gasteiger partial charge in [-0.25, -0.2) is 0 Å². The molecule has 5 nitrogen and oxygen atoms in total. The number of aromatic nitrogens is 1. The van der Waals surface area contributed by atoms with E-state index >= 15 is 0 Å². The van der Waals surface area contributed by atoms with Crippen LogP contribution in [-0.4, -0.2) is 36.1 Å². The van der Waals surface area contributed by atoms with Crippen molar-refractivity contribution in [1.82, 2.24) is 9.88 Å². The number of benzene rings is 2. The van der Waals surface area contributed by atoms with Crippen molar-refractivity contribution in [3.8, 4) is 11.5 Å². The van der Waals surface area contributed by atoms with Crippen LogP contribution in [-0.2, 0) is 6.54 Å². The first-order valence-corrected chi connectivity index (χ1v) is 8.78. The summed E-state index contributed by atoms with van der Waals surface area (Å²) in [5.41, 5.74) is 2.78. The van der Waals surface area contributed by atoms with Crippen molar-refractivity contribution in [2.24, 2.45) is 0 Å². The number of H-pyrrole nitrogens is 1. The van der Waals surface area contributed by atoms with Gasteiger partial charge in [-0.15, -0.1) is 0 Å². The highest BCUT2D eigenvalue weighted by Gasteiger charge is 2.34. The SMILES string of the molecule is COc1ccc(C(=O)N(Cc2ccc3cc[nH]c3c2)C2CC2)c(OC)c1. The molecule has 1 aliphatic rings. The third-order valence-electron chi connectivity index (χ3n) is 4.86. The van der Waals surface area contributed by atoms with Gasteiger partial charge in [0.25, 0.3) is 5.91 Å². The standard InChI is InChI=1S/C21H22N2O3/c1-25-17-7-8-18(20(12-17)26-2)21(24)23(16-5-6-16)13-14-3-4-15-9-10-22-19(15)11-14/h3-4,7-12,16,22H,5-6,13H2,1-2H3. The van der Waals surface area contributed by atoms with Gasteiger partial charge in [0, 0.05) is 30.4 Å². The predicted molar refractivity (Wildman–Crippen MR) is 101 cm³/mol. The van der Waals surface area contributed by atoms with Crippen molar-refractivity contribution in [1.29, 1.82) is 0 Å². The van der Waals surface area contributed by atoms with Gasteiger partial charge >= 0.3 is 0 Å². The number of hydrogen-bond donors (Lipinski definition) is 1. The molecule has 1 N–H and O–H groups in total. The molecule has 0 radical (unpaired) electrons. The molecule has 5 heteroatoms. The molecule has 0 atom stereocenters. The Kier molecular flexibility index (Phi) is 4.29. The number of fused-ring (bicyclic) bond motifs is 1. The topological polar surface area (TPSA) is 54.6 Å². The Labute approximate surface area is 152 Å². The van der Waals surface area contributed by atoms with E-state index in [1.807, 2.05) is 17.2 Å². The molecule has 0 aliphatic heterocycles. The molecular weight excluding hydrogens is 328 g/mol. The zero-order valence-electron chi connectivity index (χ0n) is 15.0. The number of carbonyl (C=O) groups excluding carboxylic acids is 1. The molecule has 0 spiro atoms. The average Bonchev–Trinajstić information content (AvgIpc) is 3.41. The molecule has 1 heterocycles.